The molecule has 1 N–H and O–H groups in total. The van der Waals surface area contributed by atoms with Gasteiger partial charge in [0.1, 0.15) is 11.3 Å². The molecular formula is C22H19Cl2N5O. The fourth-order valence-electron chi connectivity index (χ4n) is 3.53. The minimum Gasteiger partial charge on any atom is -0.318 e. The zero-order chi connectivity index (χ0) is 21.4. The van der Waals surface area contributed by atoms with Crippen molar-refractivity contribution in [2.24, 2.45) is 5.10 Å². The Kier molecular flexibility index (Phi) is 5.37. The highest BCUT2D eigenvalue weighted by Gasteiger charge is 2.16. The highest BCUT2D eigenvalue weighted by molar-refractivity contribution is 6.30. The first-order valence-electron chi connectivity index (χ1n) is 9.27. The number of benzene rings is 1. The second-order valence-corrected chi connectivity index (χ2v) is 7.83. The number of nitrogens with one attached hydrogen (secondary N) is 1. The highest BCUT2D eigenvalue weighted by Crippen LogP contribution is 2.21. The van der Waals surface area contributed by atoms with Gasteiger partial charge in [-0.1, -0.05) is 23.2 Å². The van der Waals surface area contributed by atoms with Crippen LogP contribution in [0.15, 0.2) is 53.8 Å². The minimum atomic E-state index is -0.356. The molecule has 1 amide bonds. The topological polar surface area (TPSA) is 63.7 Å². The highest BCUT2D eigenvalue weighted by atomic mass is 35.5. The number of fused-ring (bicyclic) bond motifs is 1. The largest absolute Gasteiger partial charge is 0.318 e. The van der Waals surface area contributed by atoms with Crippen LogP contribution >= 0.6 is 23.2 Å². The van der Waals surface area contributed by atoms with Gasteiger partial charge in [0.25, 0.3) is 5.91 Å². The van der Waals surface area contributed by atoms with E-state index in [2.05, 4.69) is 20.1 Å². The summed E-state index contributed by atoms with van der Waals surface area (Å²) >= 11 is 12.1. The number of hydrazone groups is 1. The molecule has 3 aromatic heterocycles. The summed E-state index contributed by atoms with van der Waals surface area (Å²) in [5.74, 6) is -0.356. The van der Waals surface area contributed by atoms with Gasteiger partial charge in [-0.25, -0.2) is 10.4 Å². The number of hydrogen-bond donors (Lipinski definition) is 1. The van der Waals surface area contributed by atoms with Crippen LogP contribution in [0.25, 0.3) is 11.3 Å². The Morgan fingerprint density at radius 1 is 1.07 bits per heavy atom. The molecule has 1 aromatic carbocycles. The molecule has 152 valence electrons. The summed E-state index contributed by atoms with van der Waals surface area (Å²) < 4.78 is 3.77. The van der Waals surface area contributed by atoms with Crippen LogP contribution in [-0.2, 0) is 0 Å². The maximum atomic E-state index is 12.7. The Hall–Kier alpha value is -3.09. The van der Waals surface area contributed by atoms with Crippen LogP contribution in [-0.4, -0.2) is 26.1 Å². The average molecular weight is 440 g/mol. The first-order chi connectivity index (χ1) is 14.3. The van der Waals surface area contributed by atoms with Gasteiger partial charge < -0.3 is 4.57 Å². The predicted molar refractivity (Wildman–Crippen MR) is 120 cm³/mol. The van der Waals surface area contributed by atoms with E-state index < -0.39 is 0 Å². The average Bonchev–Trinajstić information content (AvgIpc) is 3.17. The van der Waals surface area contributed by atoms with Crippen molar-refractivity contribution in [3.63, 3.8) is 0 Å². The number of aromatic nitrogens is 3. The van der Waals surface area contributed by atoms with Crippen molar-refractivity contribution in [3.05, 3.63) is 87.0 Å². The SMILES string of the molecule is Cc1nc2ccc(Cl)cn2c1C(=O)NN=Cc1cc(C)n(-c2ccc(Cl)cc2)c1C. The second-order valence-electron chi connectivity index (χ2n) is 6.96. The summed E-state index contributed by atoms with van der Waals surface area (Å²) in [5.41, 5.74) is 8.21. The number of halogens is 2. The minimum absolute atomic E-state index is 0.356. The van der Waals surface area contributed by atoms with Gasteiger partial charge in [-0.15, -0.1) is 0 Å². The third-order valence-electron chi connectivity index (χ3n) is 4.90. The Bertz CT molecular complexity index is 1290. The molecule has 0 radical (unpaired) electrons. The Morgan fingerprint density at radius 2 is 1.77 bits per heavy atom. The first-order valence-corrected chi connectivity index (χ1v) is 10.0. The number of nitrogens with zero attached hydrogens (tertiary/aromatic N) is 4. The van der Waals surface area contributed by atoms with E-state index in [-0.39, 0.29) is 5.91 Å². The molecule has 0 atom stereocenters. The molecule has 0 spiro atoms. The number of aryl methyl sites for hydroxylation is 2. The van der Waals surface area contributed by atoms with E-state index in [1.807, 2.05) is 44.2 Å². The van der Waals surface area contributed by atoms with Crippen LogP contribution in [0.4, 0.5) is 0 Å². The number of carbonyl (C=O) groups excluding carboxylic acids is 1. The maximum absolute atomic E-state index is 12.7. The molecular weight excluding hydrogens is 421 g/mol. The summed E-state index contributed by atoms with van der Waals surface area (Å²) in [4.78, 5) is 17.1. The van der Waals surface area contributed by atoms with Gasteiger partial charge in [-0.05, 0) is 63.2 Å². The monoisotopic (exact) mass is 439 g/mol. The Balaban J connectivity index is 1.58. The molecule has 0 unspecified atom stereocenters. The van der Waals surface area contributed by atoms with Crippen molar-refractivity contribution in [3.8, 4) is 5.69 Å². The predicted octanol–water partition coefficient (Wildman–Crippen LogP) is 5.12. The summed E-state index contributed by atoms with van der Waals surface area (Å²) in [6.45, 7) is 5.80. The molecule has 4 aromatic rings. The zero-order valence-electron chi connectivity index (χ0n) is 16.6. The number of imidazole rings is 1. The molecule has 0 aliphatic heterocycles. The van der Waals surface area contributed by atoms with Gasteiger partial charge in [-0.3, -0.25) is 9.20 Å². The van der Waals surface area contributed by atoms with Gasteiger partial charge in [0, 0.05) is 33.9 Å². The Morgan fingerprint density at radius 3 is 2.50 bits per heavy atom. The lowest BCUT2D eigenvalue weighted by Crippen LogP contribution is -2.20. The standard InChI is InChI=1S/C22H19Cl2N5O/c1-13-10-16(15(3)29(13)19-7-4-17(23)5-8-19)11-25-27-22(30)21-14(2)26-20-9-6-18(24)12-28(20)21/h4-12H,1-3H3,(H,27,30). The molecule has 0 aliphatic carbocycles. The van der Waals surface area contributed by atoms with Crippen molar-refractivity contribution in [1.82, 2.24) is 19.4 Å². The normalized spacial score (nSPS) is 11.5. The van der Waals surface area contributed by atoms with Gasteiger partial charge in [-0.2, -0.15) is 5.10 Å². The van der Waals surface area contributed by atoms with Crippen molar-refractivity contribution in [2.45, 2.75) is 20.8 Å². The molecule has 8 heteroatoms. The smallest absolute Gasteiger partial charge is 0.290 e. The number of hydrogen-bond acceptors (Lipinski definition) is 3. The summed E-state index contributed by atoms with van der Waals surface area (Å²) in [6.07, 6.45) is 3.30. The van der Waals surface area contributed by atoms with Gasteiger partial charge in [0.15, 0.2) is 0 Å². The van der Waals surface area contributed by atoms with E-state index in [4.69, 9.17) is 23.2 Å². The van der Waals surface area contributed by atoms with Crippen molar-refractivity contribution < 1.29 is 4.79 Å². The molecule has 3 heterocycles. The van der Waals surface area contributed by atoms with Crippen LogP contribution in [0.3, 0.4) is 0 Å². The quantitative estimate of drug-likeness (QED) is 0.354. The van der Waals surface area contributed by atoms with Crippen molar-refractivity contribution in [1.29, 1.82) is 0 Å². The van der Waals surface area contributed by atoms with Crippen LogP contribution < -0.4 is 5.43 Å². The van der Waals surface area contributed by atoms with Gasteiger partial charge in [0.05, 0.1) is 16.9 Å². The maximum Gasteiger partial charge on any atom is 0.290 e. The fourth-order valence-corrected chi connectivity index (χ4v) is 3.82. The number of carbonyl (C=O) groups is 1. The van der Waals surface area contributed by atoms with Crippen LogP contribution in [0.5, 0.6) is 0 Å². The van der Waals surface area contributed by atoms with Crippen LogP contribution in [0.1, 0.15) is 33.1 Å². The zero-order valence-corrected chi connectivity index (χ0v) is 18.2. The van der Waals surface area contributed by atoms with E-state index in [0.29, 0.717) is 27.1 Å². The fraction of sp³-hybridized carbons (Fsp3) is 0.136. The molecule has 30 heavy (non-hydrogen) atoms. The van der Waals surface area contributed by atoms with E-state index in [0.717, 1.165) is 22.6 Å². The van der Waals surface area contributed by atoms with Gasteiger partial charge >= 0.3 is 0 Å². The van der Waals surface area contributed by atoms with Crippen LogP contribution in [0, 0.1) is 20.8 Å². The van der Waals surface area contributed by atoms with Crippen molar-refractivity contribution in [2.75, 3.05) is 0 Å². The molecule has 0 saturated carbocycles. The molecule has 0 aliphatic rings. The number of rotatable bonds is 4. The lowest BCUT2D eigenvalue weighted by Gasteiger charge is -2.09. The second kappa shape index (κ2) is 7.97. The summed E-state index contributed by atoms with van der Waals surface area (Å²) in [5, 5.41) is 5.37. The van der Waals surface area contributed by atoms with E-state index in [9.17, 15) is 4.79 Å². The molecule has 0 fully saturated rings. The number of amides is 1. The molecule has 6 nitrogen and oxygen atoms in total. The van der Waals surface area contributed by atoms with E-state index in [1.54, 1.807) is 35.9 Å². The first kappa shape index (κ1) is 20.2. The van der Waals surface area contributed by atoms with Crippen molar-refractivity contribution >= 4 is 41.0 Å². The third-order valence-corrected chi connectivity index (χ3v) is 5.37. The van der Waals surface area contributed by atoms with E-state index >= 15 is 0 Å². The lowest BCUT2D eigenvalue weighted by atomic mass is 10.2. The molecule has 0 saturated heterocycles. The molecule has 0 bridgehead atoms. The van der Waals surface area contributed by atoms with E-state index in [1.165, 1.54) is 0 Å². The summed E-state index contributed by atoms with van der Waals surface area (Å²) in [7, 11) is 0. The Labute approximate surface area is 183 Å². The third kappa shape index (κ3) is 3.72. The van der Waals surface area contributed by atoms with Crippen LogP contribution in [0.2, 0.25) is 10.0 Å². The number of pyridine rings is 1. The lowest BCUT2D eigenvalue weighted by molar-refractivity contribution is 0.0948. The molecule has 4 rings (SSSR count). The summed E-state index contributed by atoms with van der Waals surface area (Å²) in [6, 6.07) is 13.1. The van der Waals surface area contributed by atoms with Gasteiger partial charge in [0.2, 0.25) is 0 Å².